The Balaban J connectivity index is 1.41. The Hall–Kier alpha value is -1.92. The maximum atomic E-state index is 12.7. The second kappa shape index (κ2) is 8.40. The molecule has 1 aliphatic carbocycles. The van der Waals surface area contributed by atoms with Gasteiger partial charge in [0, 0.05) is 35.6 Å². The zero-order valence-electron chi connectivity index (χ0n) is 15.9. The van der Waals surface area contributed by atoms with Crippen LogP contribution in [0, 0.1) is 6.92 Å². The van der Waals surface area contributed by atoms with Gasteiger partial charge in [0.2, 0.25) is 0 Å². The minimum absolute atomic E-state index is 0.0820. The SMILES string of the molecule is Cc1ccc(C(=O)N2CCOCC2)cc1NCc1csc(C2CCCC2)n1. The summed E-state index contributed by atoms with van der Waals surface area (Å²) in [6, 6.07) is 5.90. The summed E-state index contributed by atoms with van der Waals surface area (Å²) in [5.41, 5.74) is 3.96. The van der Waals surface area contributed by atoms with E-state index in [0.717, 1.165) is 22.5 Å². The fourth-order valence-electron chi connectivity index (χ4n) is 3.84. The first-order valence-electron chi connectivity index (χ1n) is 9.86. The first kappa shape index (κ1) is 18.4. The molecule has 1 N–H and O–H groups in total. The number of amides is 1. The predicted molar refractivity (Wildman–Crippen MR) is 109 cm³/mol. The highest BCUT2D eigenvalue weighted by atomic mass is 32.1. The van der Waals surface area contributed by atoms with E-state index in [-0.39, 0.29) is 5.91 Å². The van der Waals surface area contributed by atoms with Crippen molar-refractivity contribution >= 4 is 22.9 Å². The van der Waals surface area contributed by atoms with Gasteiger partial charge >= 0.3 is 0 Å². The van der Waals surface area contributed by atoms with Gasteiger partial charge in [-0.3, -0.25) is 4.79 Å². The summed E-state index contributed by atoms with van der Waals surface area (Å²) in [4.78, 5) is 19.4. The molecule has 27 heavy (non-hydrogen) atoms. The lowest BCUT2D eigenvalue weighted by Gasteiger charge is -2.27. The van der Waals surface area contributed by atoms with Crippen molar-refractivity contribution in [1.82, 2.24) is 9.88 Å². The highest BCUT2D eigenvalue weighted by Crippen LogP contribution is 2.35. The van der Waals surface area contributed by atoms with Crippen LogP contribution < -0.4 is 5.32 Å². The zero-order chi connectivity index (χ0) is 18.6. The molecule has 5 nitrogen and oxygen atoms in total. The number of aromatic nitrogens is 1. The molecule has 1 amide bonds. The number of nitrogens with zero attached hydrogens (tertiary/aromatic N) is 2. The number of anilines is 1. The quantitative estimate of drug-likeness (QED) is 0.838. The highest BCUT2D eigenvalue weighted by molar-refractivity contribution is 7.09. The van der Waals surface area contributed by atoms with Gasteiger partial charge in [0.25, 0.3) is 5.91 Å². The average molecular weight is 386 g/mol. The van der Waals surface area contributed by atoms with Crippen molar-refractivity contribution in [2.24, 2.45) is 0 Å². The van der Waals surface area contributed by atoms with E-state index in [1.54, 1.807) is 11.3 Å². The number of carbonyl (C=O) groups excluding carboxylic acids is 1. The molecule has 0 unspecified atom stereocenters. The standard InChI is InChI=1S/C21H27N3O2S/c1-15-6-7-17(21(25)24-8-10-26-11-9-24)12-19(15)22-13-18-14-27-20(23-18)16-4-2-3-5-16/h6-7,12,14,16,22H,2-5,8-11,13H2,1H3. The molecule has 1 saturated carbocycles. The van der Waals surface area contributed by atoms with E-state index in [9.17, 15) is 4.79 Å². The van der Waals surface area contributed by atoms with Crippen LogP contribution in [0.4, 0.5) is 5.69 Å². The molecule has 2 fully saturated rings. The van der Waals surface area contributed by atoms with E-state index in [0.29, 0.717) is 38.8 Å². The van der Waals surface area contributed by atoms with Crippen LogP contribution in [0.5, 0.6) is 0 Å². The summed E-state index contributed by atoms with van der Waals surface area (Å²) in [6.07, 6.45) is 5.23. The van der Waals surface area contributed by atoms with Crippen LogP contribution in [0.15, 0.2) is 23.6 Å². The van der Waals surface area contributed by atoms with Gasteiger partial charge in [-0.05, 0) is 37.5 Å². The fraction of sp³-hybridized carbons (Fsp3) is 0.524. The first-order chi connectivity index (χ1) is 13.2. The van der Waals surface area contributed by atoms with Crippen LogP contribution in [0.25, 0.3) is 0 Å². The number of hydrogen-bond donors (Lipinski definition) is 1. The van der Waals surface area contributed by atoms with Gasteiger partial charge in [0.15, 0.2) is 0 Å². The number of thiazole rings is 1. The highest BCUT2D eigenvalue weighted by Gasteiger charge is 2.21. The maximum Gasteiger partial charge on any atom is 0.254 e. The van der Waals surface area contributed by atoms with Gasteiger partial charge < -0.3 is 15.0 Å². The van der Waals surface area contributed by atoms with Crippen LogP contribution in [-0.2, 0) is 11.3 Å². The third-order valence-electron chi connectivity index (χ3n) is 5.52. The molecule has 1 aromatic heterocycles. The van der Waals surface area contributed by atoms with Crippen LogP contribution in [0.1, 0.15) is 58.2 Å². The number of rotatable bonds is 5. The molecule has 2 heterocycles. The largest absolute Gasteiger partial charge is 0.379 e. The van der Waals surface area contributed by atoms with Crippen molar-refractivity contribution in [3.63, 3.8) is 0 Å². The summed E-state index contributed by atoms with van der Waals surface area (Å²) >= 11 is 1.79. The van der Waals surface area contributed by atoms with Gasteiger partial charge in [0.05, 0.1) is 30.5 Å². The van der Waals surface area contributed by atoms with Gasteiger partial charge in [-0.15, -0.1) is 11.3 Å². The summed E-state index contributed by atoms with van der Waals surface area (Å²) in [5, 5.41) is 6.93. The molecule has 1 aliphatic heterocycles. The summed E-state index contributed by atoms with van der Waals surface area (Å²) in [5.74, 6) is 0.749. The van der Waals surface area contributed by atoms with Crippen molar-refractivity contribution in [3.05, 3.63) is 45.4 Å². The zero-order valence-corrected chi connectivity index (χ0v) is 16.7. The Morgan fingerprint density at radius 3 is 2.85 bits per heavy atom. The van der Waals surface area contributed by atoms with Crippen LogP contribution in [0.2, 0.25) is 0 Å². The van der Waals surface area contributed by atoms with Crippen LogP contribution in [0.3, 0.4) is 0 Å². The maximum absolute atomic E-state index is 12.7. The van der Waals surface area contributed by atoms with E-state index < -0.39 is 0 Å². The smallest absolute Gasteiger partial charge is 0.254 e. The van der Waals surface area contributed by atoms with E-state index in [1.807, 2.05) is 23.1 Å². The second-order valence-corrected chi connectivity index (χ2v) is 8.34. The van der Waals surface area contributed by atoms with Gasteiger partial charge in [-0.1, -0.05) is 18.9 Å². The molecule has 1 saturated heterocycles. The number of benzene rings is 1. The third-order valence-corrected chi connectivity index (χ3v) is 6.57. The van der Waals surface area contributed by atoms with Crippen molar-refractivity contribution < 1.29 is 9.53 Å². The van der Waals surface area contributed by atoms with Gasteiger partial charge in [0.1, 0.15) is 0 Å². The Morgan fingerprint density at radius 1 is 1.30 bits per heavy atom. The third kappa shape index (κ3) is 4.33. The molecule has 0 radical (unpaired) electrons. The van der Waals surface area contributed by atoms with Crippen molar-refractivity contribution in [1.29, 1.82) is 0 Å². The number of nitrogens with one attached hydrogen (secondary N) is 1. The minimum atomic E-state index is 0.0820. The molecule has 0 spiro atoms. The normalized spacial score (nSPS) is 18.0. The monoisotopic (exact) mass is 385 g/mol. The lowest BCUT2D eigenvalue weighted by molar-refractivity contribution is 0.0303. The Bertz CT molecular complexity index is 792. The molecule has 144 valence electrons. The summed E-state index contributed by atoms with van der Waals surface area (Å²) in [6.45, 7) is 5.33. The molecule has 2 aliphatic rings. The Labute approximate surface area is 164 Å². The topological polar surface area (TPSA) is 54.5 Å². The fourth-order valence-corrected chi connectivity index (χ4v) is 4.84. The van der Waals surface area contributed by atoms with Crippen molar-refractivity contribution in [3.8, 4) is 0 Å². The number of hydrogen-bond acceptors (Lipinski definition) is 5. The lowest BCUT2D eigenvalue weighted by atomic mass is 10.1. The number of morpholine rings is 1. The average Bonchev–Trinajstić information content (AvgIpc) is 3.39. The number of ether oxygens (including phenoxy) is 1. The van der Waals surface area contributed by atoms with E-state index in [1.165, 1.54) is 30.7 Å². The first-order valence-corrected chi connectivity index (χ1v) is 10.7. The molecule has 0 atom stereocenters. The number of aryl methyl sites for hydroxylation is 1. The molecule has 4 rings (SSSR count). The molecular weight excluding hydrogens is 358 g/mol. The van der Waals surface area contributed by atoms with Crippen LogP contribution in [-0.4, -0.2) is 42.1 Å². The van der Waals surface area contributed by atoms with E-state index >= 15 is 0 Å². The summed E-state index contributed by atoms with van der Waals surface area (Å²) < 4.78 is 5.34. The van der Waals surface area contributed by atoms with E-state index in [2.05, 4.69) is 17.6 Å². The van der Waals surface area contributed by atoms with Gasteiger partial charge in [-0.25, -0.2) is 4.98 Å². The number of carbonyl (C=O) groups is 1. The molecule has 1 aromatic carbocycles. The van der Waals surface area contributed by atoms with Gasteiger partial charge in [-0.2, -0.15) is 0 Å². The molecule has 6 heteroatoms. The Morgan fingerprint density at radius 2 is 2.07 bits per heavy atom. The molecular formula is C21H27N3O2S. The predicted octanol–water partition coefficient (Wildman–Crippen LogP) is 4.19. The summed E-state index contributed by atoms with van der Waals surface area (Å²) in [7, 11) is 0. The lowest BCUT2D eigenvalue weighted by Crippen LogP contribution is -2.40. The minimum Gasteiger partial charge on any atom is -0.379 e. The van der Waals surface area contributed by atoms with Crippen molar-refractivity contribution in [2.45, 2.75) is 45.1 Å². The Kier molecular flexibility index (Phi) is 5.74. The van der Waals surface area contributed by atoms with Crippen LogP contribution >= 0.6 is 11.3 Å². The molecule has 2 aromatic rings. The molecule has 0 bridgehead atoms. The van der Waals surface area contributed by atoms with Crippen molar-refractivity contribution in [2.75, 3.05) is 31.6 Å². The second-order valence-electron chi connectivity index (χ2n) is 7.45. The van der Waals surface area contributed by atoms with E-state index in [4.69, 9.17) is 9.72 Å².